The Morgan fingerprint density at radius 2 is 1.74 bits per heavy atom. The minimum atomic E-state index is -3.90. The molecule has 0 fully saturated rings. The smallest absolute Gasteiger partial charge is 0.269 e. The van der Waals surface area contributed by atoms with Gasteiger partial charge in [0.15, 0.2) is 0 Å². The summed E-state index contributed by atoms with van der Waals surface area (Å²) in [4.78, 5) is 16.4. The summed E-state index contributed by atoms with van der Waals surface area (Å²) in [6.45, 7) is 0.161. The van der Waals surface area contributed by atoms with Crippen LogP contribution in [0.25, 0.3) is 0 Å². The van der Waals surface area contributed by atoms with Gasteiger partial charge in [0.05, 0.1) is 22.4 Å². The van der Waals surface area contributed by atoms with Gasteiger partial charge in [0.25, 0.3) is 15.7 Å². The van der Waals surface area contributed by atoms with Crippen molar-refractivity contribution < 1.29 is 13.3 Å². The Morgan fingerprint density at radius 1 is 1.15 bits per heavy atom. The monoisotopic (exact) mass is 452 g/mol. The second kappa shape index (κ2) is 7.28. The topological polar surface area (TPSA) is 96.1 Å². The average molecular weight is 453 g/mol. The summed E-state index contributed by atoms with van der Waals surface area (Å²) in [7, 11) is -0.449. The first-order valence-electron chi connectivity index (χ1n) is 7.98. The molecule has 0 saturated heterocycles. The molecule has 0 amide bonds. The van der Waals surface area contributed by atoms with E-state index in [4.69, 9.17) is 0 Å². The normalized spacial score (nSPS) is 16.9. The van der Waals surface area contributed by atoms with Crippen LogP contribution in [0.3, 0.4) is 0 Å². The van der Waals surface area contributed by atoms with Gasteiger partial charge in [-0.05, 0) is 29.8 Å². The highest BCUT2D eigenvalue weighted by molar-refractivity contribution is 9.10. The Labute approximate surface area is 165 Å². The quantitative estimate of drug-likeness (QED) is 0.524. The average Bonchev–Trinajstić information content (AvgIpc) is 3.09. The molecule has 3 rings (SSSR count). The molecule has 1 heterocycles. The van der Waals surface area contributed by atoms with Crippen LogP contribution in [0.2, 0.25) is 0 Å². The van der Waals surface area contributed by atoms with Gasteiger partial charge in [-0.25, -0.2) is 17.7 Å². The largest absolute Gasteiger partial charge is 0.348 e. The maximum absolute atomic E-state index is 13.1. The third-order valence-electron chi connectivity index (χ3n) is 4.12. The number of hydrogen-bond acceptors (Lipinski definition) is 6. The molecule has 0 saturated carbocycles. The summed E-state index contributed by atoms with van der Waals surface area (Å²) in [5, 5.41) is 10.8. The molecular weight excluding hydrogens is 436 g/mol. The number of nitro benzene ring substituents is 1. The van der Waals surface area contributed by atoms with Crippen LogP contribution >= 0.6 is 15.9 Å². The van der Waals surface area contributed by atoms with Gasteiger partial charge in [-0.3, -0.25) is 10.1 Å². The van der Waals surface area contributed by atoms with E-state index < -0.39 is 14.9 Å². The molecule has 0 spiro atoms. The number of nitrogens with zero attached hydrogens (tertiary/aromatic N) is 4. The van der Waals surface area contributed by atoms with Crippen LogP contribution in [0.5, 0.6) is 0 Å². The molecule has 0 aliphatic carbocycles. The van der Waals surface area contributed by atoms with E-state index in [1.54, 1.807) is 19.0 Å². The summed E-state index contributed by atoms with van der Waals surface area (Å²) in [6.07, 6.45) is 0. The molecular formula is C17H17BrN4O4S. The van der Waals surface area contributed by atoms with Gasteiger partial charge in [0.1, 0.15) is 0 Å². The SMILES string of the molecule is CN(C)C1=NC(c2ccc(Br)cc2)CN1S(=O)(=O)c1ccc([N+](=O)[O-])cc1. The number of nitro groups is 1. The Morgan fingerprint density at radius 3 is 2.26 bits per heavy atom. The fourth-order valence-electron chi connectivity index (χ4n) is 2.76. The molecule has 0 radical (unpaired) electrons. The maximum Gasteiger partial charge on any atom is 0.269 e. The Balaban J connectivity index is 1.95. The second-order valence-corrected chi connectivity index (χ2v) is 8.96. The van der Waals surface area contributed by atoms with Gasteiger partial charge in [0, 0.05) is 30.7 Å². The molecule has 0 N–H and O–H groups in total. The van der Waals surface area contributed by atoms with Crippen molar-refractivity contribution in [3.8, 4) is 0 Å². The van der Waals surface area contributed by atoms with Gasteiger partial charge < -0.3 is 4.90 Å². The maximum atomic E-state index is 13.1. The molecule has 8 nitrogen and oxygen atoms in total. The number of guanidine groups is 1. The van der Waals surface area contributed by atoms with Gasteiger partial charge >= 0.3 is 0 Å². The number of benzene rings is 2. The van der Waals surface area contributed by atoms with E-state index in [-0.39, 0.29) is 23.2 Å². The third-order valence-corrected chi connectivity index (χ3v) is 6.41. The summed E-state index contributed by atoms with van der Waals surface area (Å²) >= 11 is 3.38. The molecule has 27 heavy (non-hydrogen) atoms. The summed E-state index contributed by atoms with van der Waals surface area (Å²) in [5.74, 6) is 0.321. The van der Waals surface area contributed by atoms with Gasteiger partial charge in [-0.2, -0.15) is 0 Å². The van der Waals surface area contributed by atoms with Crippen LogP contribution in [0.4, 0.5) is 5.69 Å². The number of sulfonamides is 1. The van der Waals surface area contributed by atoms with Gasteiger partial charge in [-0.15, -0.1) is 0 Å². The molecule has 142 valence electrons. The number of hydrogen-bond donors (Lipinski definition) is 0. The first-order chi connectivity index (χ1) is 12.7. The van der Waals surface area contributed by atoms with Crippen LogP contribution in [0.15, 0.2) is 62.9 Å². The fourth-order valence-corrected chi connectivity index (χ4v) is 4.52. The highest BCUT2D eigenvalue weighted by Gasteiger charge is 2.37. The first-order valence-corrected chi connectivity index (χ1v) is 10.2. The van der Waals surface area contributed by atoms with Crippen LogP contribution in [0, 0.1) is 10.1 Å². The zero-order valence-corrected chi connectivity index (χ0v) is 17.0. The summed E-state index contributed by atoms with van der Waals surface area (Å²) in [6, 6.07) is 12.1. The summed E-state index contributed by atoms with van der Waals surface area (Å²) in [5.41, 5.74) is 0.739. The summed E-state index contributed by atoms with van der Waals surface area (Å²) < 4.78 is 28.4. The number of rotatable bonds is 4. The van der Waals surface area contributed by atoms with Crippen molar-refractivity contribution in [2.45, 2.75) is 10.9 Å². The molecule has 2 aromatic rings. The van der Waals surface area contributed by atoms with E-state index in [1.807, 2.05) is 24.3 Å². The molecule has 0 bridgehead atoms. The lowest BCUT2D eigenvalue weighted by molar-refractivity contribution is -0.384. The third kappa shape index (κ3) is 3.81. The highest BCUT2D eigenvalue weighted by atomic mass is 79.9. The molecule has 2 aromatic carbocycles. The Hall–Kier alpha value is -2.46. The molecule has 10 heteroatoms. The fraction of sp³-hybridized carbons (Fsp3) is 0.235. The van der Waals surface area contributed by atoms with Crippen molar-refractivity contribution >= 4 is 37.6 Å². The van der Waals surface area contributed by atoms with Crippen molar-refractivity contribution in [1.82, 2.24) is 9.21 Å². The van der Waals surface area contributed by atoms with Gasteiger partial charge in [-0.1, -0.05) is 28.1 Å². The van der Waals surface area contributed by atoms with E-state index >= 15 is 0 Å². The predicted molar refractivity (Wildman–Crippen MR) is 105 cm³/mol. The number of non-ortho nitro benzene ring substituents is 1. The van der Waals surface area contributed by atoms with Crippen molar-refractivity contribution in [2.75, 3.05) is 20.6 Å². The number of aliphatic imine (C=N–C) groups is 1. The molecule has 1 atom stereocenters. The van der Waals surface area contributed by atoms with Crippen LogP contribution in [-0.4, -0.2) is 49.1 Å². The Bertz CT molecular complexity index is 989. The van der Waals surface area contributed by atoms with Crippen molar-refractivity contribution in [1.29, 1.82) is 0 Å². The predicted octanol–water partition coefficient (Wildman–Crippen LogP) is 3.02. The molecule has 1 aliphatic heterocycles. The lowest BCUT2D eigenvalue weighted by Gasteiger charge is -2.24. The van der Waals surface area contributed by atoms with E-state index in [9.17, 15) is 18.5 Å². The van der Waals surface area contributed by atoms with Crippen molar-refractivity contribution in [2.24, 2.45) is 4.99 Å². The molecule has 1 aliphatic rings. The Kier molecular flexibility index (Phi) is 5.20. The molecule has 1 unspecified atom stereocenters. The zero-order chi connectivity index (χ0) is 19.8. The van der Waals surface area contributed by atoms with Crippen LogP contribution in [-0.2, 0) is 10.0 Å². The number of halogens is 1. The first kappa shape index (κ1) is 19.3. The van der Waals surface area contributed by atoms with E-state index in [0.717, 1.165) is 10.0 Å². The van der Waals surface area contributed by atoms with Crippen LogP contribution < -0.4 is 0 Å². The van der Waals surface area contributed by atoms with Crippen molar-refractivity contribution in [3.63, 3.8) is 0 Å². The van der Waals surface area contributed by atoms with E-state index in [0.29, 0.717) is 5.96 Å². The lowest BCUT2D eigenvalue weighted by atomic mass is 10.1. The second-order valence-electron chi connectivity index (χ2n) is 6.18. The molecule has 0 aromatic heterocycles. The highest BCUT2D eigenvalue weighted by Crippen LogP contribution is 2.31. The minimum absolute atomic E-state index is 0.0147. The van der Waals surface area contributed by atoms with E-state index in [2.05, 4.69) is 20.9 Å². The lowest BCUT2D eigenvalue weighted by Crippen LogP contribution is -2.41. The van der Waals surface area contributed by atoms with Gasteiger partial charge in [0.2, 0.25) is 5.96 Å². The van der Waals surface area contributed by atoms with Crippen molar-refractivity contribution in [3.05, 3.63) is 68.7 Å². The van der Waals surface area contributed by atoms with Crippen LogP contribution in [0.1, 0.15) is 11.6 Å². The van der Waals surface area contributed by atoms with E-state index in [1.165, 1.54) is 28.6 Å². The zero-order valence-electron chi connectivity index (χ0n) is 14.6. The standard InChI is InChI=1S/C17H17BrN4O4S/c1-20(2)17-19-16(12-3-5-13(18)6-4-12)11-21(17)27(25,26)15-9-7-14(8-10-15)22(23)24/h3-10,16H,11H2,1-2H3. The minimum Gasteiger partial charge on any atom is -0.348 e.